The highest BCUT2D eigenvalue weighted by Gasteiger charge is 2.15. The van der Waals surface area contributed by atoms with Crippen molar-refractivity contribution in [1.29, 1.82) is 0 Å². The normalized spacial score (nSPS) is 13.5. The largest absolute Gasteiger partial charge is 0.338 e. The van der Waals surface area contributed by atoms with E-state index in [0.29, 0.717) is 18.0 Å². The summed E-state index contributed by atoms with van der Waals surface area (Å²) in [6, 6.07) is 5.26. The number of hydrogen-bond acceptors (Lipinski definition) is 3. The molecule has 96 valence electrons. The van der Waals surface area contributed by atoms with E-state index in [1.807, 2.05) is 19.1 Å². The number of benzene rings is 1. The molecule has 3 N–H and O–H groups in total. The van der Waals surface area contributed by atoms with Gasteiger partial charge in [-0.3, -0.25) is 4.79 Å². The van der Waals surface area contributed by atoms with Gasteiger partial charge >= 0.3 is 6.03 Å². The van der Waals surface area contributed by atoms with E-state index in [9.17, 15) is 9.59 Å². The summed E-state index contributed by atoms with van der Waals surface area (Å²) in [6.07, 6.45) is 0.893. The number of amides is 3. The molecular weight excluding hydrogens is 250 g/mol. The van der Waals surface area contributed by atoms with Crippen molar-refractivity contribution in [3.05, 3.63) is 18.2 Å². The Bertz CT molecular complexity index is 476. The zero-order valence-corrected chi connectivity index (χ0v) is 10.9. The van der Waals surface area contributed by atoms with Crippen molar-refractivity contribution >= 4 is 35.1 Å². The lowest BCUT2D eigenvalue weighted by atomic mass is 10.2. The minimum atomic E-state index is -0.230. The third-order valence-corrected chi connectivity index (χ3v) is 3.48. The van der Waals surface area contributed by atoms with Gasteiger partial charge in [0.05, 0.1) is 11.4 Å². The second-order valence-electron chi connectivity index (χ2n) is 3.93. The van der Waals surface area contributed by atoms with Gasteiger partial charge in [-0.25, -0.2) is 4.79 Å². The van der Waals surface area contributed by atoms with Gasteiger partial charge in [0.25, 0.3) is 0 Å². The van der Waals surface area contributed by atoms with Gasteiger partial charge in [-0.05, 0) is 24.6 Å². The van der Waals surface area contributed by atoms with Crippen LogP contribution in [0.25, 0.3) is 0 Å². The Kier molecular flexibility index (Phi) is 4.09. The van der Waals surface area contributed by atoms with Crippen molar-refractivity contribution in [3.63, 3.8) is 0 Å². The number of urea groups is 1. The third-order valence-electron chi connectivity index (χ3n) is 2.41. The maximum Gasteiger partial charge on any atom is 0.319 e. The molecule has 0 saturated carbocycles. The summed E-state index contributed by atoms with van der Waals surface area (Å²) in [5, 5.41) is 8.24. The maximum atomic E-state index is 11.5. The van der Waals surface area contributed by atoms with Crippen LogP contribution in [0.3, 0.4) is 0 Å². The van der Waals surface area contributed by atoms with Crippen LogP contribution < -0.4 is 16.0 Å². The van der Waals surface area contributed by atoms with E-state index < -0.39 is 0 Å². The van der Waals surface area contributed by atoms with Crippen molar-refractivity contribution in [2.45, 2.75) is 18.2 Å². The van der Waals surface area contributed by atoms with Crippen molar-refractivity contribution in [3.8, 4) is 0 Å². The topological polar surface area (TPSA) is 70.2 Å². The van der Waals surface area contributed by atoms with Gasteiger partial charge in [0.15, 0.2) is 0 Å². The van der Waals surface area contributed by atoms with Gasteiger partial charge in [0, 0.05) is 17.1 Å². The van der Waals surface area contributed by atoms with Crippen LogP contribution in [0.15, 0.2) is 23.1 Å². The van der Waals surface area contributed by atoms with Crippen LogP contribution in [-0.2, 0) is 4.79 Å². The molecule has 0 aliphatic carbocycles. The first-order valence-corrected chi connectivity index (χ1v) is 6.79. The van der Waals surface area contributed by atoms with Gasteiger partial charge in [-0.2, -0.15) is 0 Å². The molecule has 1 aliphatic rings. The molecule has 0 fully saturated rings. The Morgan fingerprint density at radius 2 is 2.33 bits per heavy atom. The van der Waals surface area contributed by atoms with E-state index in [1.165, 1.54) is 11.8 Å². The minimum Gasteiger partial charge on any atom is -0.338 e. The van der Waals surface area contributed by atoms with E-state index >= 15 is 0 Å². The Morgan fingerprint density at radius 3 is 3.11 bits per heavy atom. The molecule has 6 heteroatoms. The van der Waals surface area contributed by atoms with Crippen LogP contribution in [0.5, 0.6) is 0 Å². The van der Waals surface area contributed by atoms with E-state index in [1.54, 1.807) is 6.07 Å². The molecule has 2 rings (SSSR count). The summed E-state index contributed by atoms with van der Waals surface area (Å²) in [6.45, 7) is 2.63. The van der Waals surface area contributed by atoms with Crippen LogP contribution in [0.4, 0.5) is 16.2 Å². The molecule has 1 aliphatic heterocycles. The third kappa shape index (κ3) is 3.16. The van der Waals surface area contributed by atoms with Gasteiger partial charge in [0.1, 0.15) is 0 Å². The van der Waals surface area contributed by atoms with Crippen LogP contribution in [0.1, 0.15) is 13.3 Å². The van der Waals surface area contributed by atoms with Crippen molar-refractivity contribution in [2.24, 2.45) is 0 Å². The number of fused-ring (bicyclic) bond motifs is 1. The Balaban J connectivity index is 2.04. The summed E-state index contributed by atoms with van der Waals surface area (Å²) < 4.78 is 0. The quantitative estimate of drug-likeness (QED) is 0.785. The number of carbonyl (C=O) groups is 2. The number of nitrogens with one attached hydrogen (secondary N) is 3. The molecule has 0 bridgehead atoms. The Labute approximate surface area is 110 Å². The molecule has 0 radical (unpaired) electrons. The SMILES string of the molecule is CCCNC(=O)Nc1ccc2c(c1)NC(=O)CS2. The van der Waals surface area contributed by atoms with E-state index in [-0.39, 0.29) is 11.9 Å². The molecule has 0 saturated heterocycles. The zero-order valence-electron chi connectivity index (χ0n) is 10.1. The minimum absolute atomic E-state index is 0.0138. The lowest BCUT2D eigenvalue weighted by Gasteiger charge is -2.17. The lowest BCUT2D eigenvalue weighted by Crippen LogP contribution is -2.29. The molecule has 1 heterocycles. The van der Waals surface area contributed by atoms with Crippen LogP contribution in [-0.4, -0.2) is 24.2 Å². The number of carbonyl (C=O) groups excluding carboxylic acids is 2. The lowest BCUT2D eigenvalue weighted by molar-refractivity contribution is -0.113. The smallest absolute Gasteiger partial charge is 0.319 e. The standard InChI is InChI=1S/C12H15N3O2S/c1-2-5-13-12(17)14-8-3-4-10-9(6-8)15-11(16)7-18-10/h3-4,6H,2,5,7H2,1H3,(H,15,16)(H2,13,14,17). The predicted octanol–water partition coefficient (Wildman–Crippen LogP) is 2.26. The summed E-state index contributed by atoms with van der Waals surface area (Å²) in [5.74, 6) is 0.427. The average Bonchev–Trinajstić information content (AvgIpc) is 2.36. The van der Waals surface area contributed by atoms with Crippen molar-refractivity contribution in [2.75, 3.05) is 22.9 Å². The summed E-state index contributed by atoms with van der Waals surface area (Å²) in [5.41, 5.74) is 1.43. The van der Waals surface area contributed by atoms with E-state index in [4.69, 9.17) is 0 Å². The molecule has 18 heavy (non-hydrogen) atoms. The van der Waals surface area contributed by atoms with Crippen LogP contribution in [0.2, 0.25) is 0 Å². The Morgan fingerprint density at radius 1 is 1.50 bits per heavy atom. The monoisotopic (exact) mass is 265 g/mol. The molecule has 5 nitrogen and oxygen atoms in total. The maximum absolute atomic E-state index is 11.5. The average molecular weight is 265 g/mol. The van der Waals surface area contributed by atoms with Gasteiger partial charge in [-0.1, -0.05) is 6.92 Å². The molecule has 0 unspecified atom stereocenters. The Hall–Kier alpha value is -1.69. The first kappa shape index (κ1) is 12.8. The number of rotatable bonds is 3. The highest BCUT2D eigenvalue weighted by atomic mass is 32.2. The van der Waals surface area contributed by atoms with Gasteiger partial charge < -0.3 is 16.0 Å². The number of thioether (sulfide) groups is 1. The number of hydrogen-bond donors (Lipinski definition) is 3. The van der Waals surface area contributed by atoms with Gasteiger partial charge in [0.2, 0.25) is 5.91 Å². The first-order valence-electron chi connectivity index (χ1n) is 5.80. The van der Waals surface area contributed by atoms with Crippen molar-refractivity contribution < 1.29 is 9.59 Å². The fourth-order valence-electron chi connectivity index (χ4n) is 1.57. The molecule has 3 amide bonds. The summed E-state index contributed by atoms with van der Waals surface area (Å²) >= 11 is 1.50. The second-order valence-corrected chi connectivity index (χ2v) is 4.95. The zero-order chi connectivity index (χ0) is 13.0. The van der Waals surface area contributed by atoms with Gasteiger partial charge in [-0.15, -0.1) is 11.8 Å². The predicted molar refractivity (Wildman–Crippen MR) is 73.1 cm³/mol. The molecular formula is C12H15N3O2S. The highest BCUT2D eigenvalue weighted by Crippen LogP contribution is 2.33. The fraction of sp³-hybridized carbons (Fsp3) is 0.333. The van der Waals surface area contributed by atoms with Crippen LogP contribution in [0, 0.1) is 0 Å². The molecule has 1 aromatic rings. The first-order chi connectivity index (χ1) is 8.69. The molecule has 1 aromatic carbocycles. The number of anilines is 2. The summed E-state index contributed by atoms with van der Waals surface area (Å²) in [4.78, 5) is 23.8. The molecule has 0 aromatic heterocycles. The summed E-state index contributed by atoms with van der Waals surface area (Å²) in [7, 11) is 0. The fourth-order valence-corrected chi connectivity index (χ4v) is 2.36. The molecule has 0 spiro atoms. The van der Waals surface area contributed by atoms with E-state index in [0.717, 1.165) is 17.0 Å². The highest BCUT2D eigenvalue weighted by molar-refractivity contribution is 8.00. The molecule has 0 atom stereocenters. The van der Waals surface area contributed by atoms with E-state index in [2.05, 4.69) is 16.0 Å². The second kappa shape index (κ2) is 5.77. The van der Waals surface area contributed by atoms with Crippen LogP contribution >= 0.6 is 11.8 Å². The van der Waals surface area contributed by atoms with Crippen molar-refractivity contribution in [1.82, 2.24) is 5.32 Å².